The van der Waals surface area contributed by atoms with Gasteiger partial charge in [-0.2, -0.15) is 0 Å². The lowest BCUT2D eigenvalue weighted by molar-refractivity contribution is -0.384. The summed E-state index contributed by atoms with van der Waals surface area (Å²) in [6.07, 6.45) is 1.40. The van der Waals surface area contributed by atoms with Gasteiger partial charge in [0.2, 0.25) is 0 Å². The van der Waals surface area contributed by atoms with E-state index in [-0.39, 0.29) is 23.8 Å². The van der Waals surface area contributed by atoms with Crippen molar-refractivity contribution in [2.24, 2.45) is 5.92 Å². The number of likely N-dealkylation sites (tertiary alicyclic amines) is 1. The molecule has 8 nitrogen and oxygen atoms in total. The van der Waals surface area contributed by atoms with E-state index in [9.17, 15) is 14.9 Å². The topological polar surface area (TPSA) is 93.9 Å². The molecule has 2 aromatic carbocycles. The van der Waals surface area contributed by atoms with Gasteiger partial charge in [-0.15, -0.1) is 0 Å². The number of nitrogens with zero attached hydrogens (tertiary/aromatic N) is 2. The van der Waals surface area contributed by atoms with E-state index < -0.39 is 4.92 Å². The molecule has 4 rings (SSSR count). The van der Waals surface area contributed by atoms with Gasteiger partial charge in [0.15, 0.2) is 6.29 Å². The minimum atomic E-state index is -0.479. The number of nitro groups is 1. The maximum atomic E-state index is 12.9. The molecular weight excluding hydrogens is 422 g/mol. The third kappa shape index (κ3) is 4.98. The number of carbonyl (C=O) groups excluding carboxylic acids is 1. The molecule has 0 aliphatic carbocycles. The van der Waals surface area contributed by atoms with E-state index in [2.05, 4.69) is 5.32 Å². The number of hydrogen-bond acceptors (Lipinski definition) is 6. The molecule has 0 spiro atoms. The summed E-state index contributed by atoms with van der Waals surface area (Å²) < 4.78 is 11.1. The number of benzene rings is 2. The number of nitrogens with one attached hydrogen (secondary N) is 1. The molecular formula is C22H24ClN3O5. The van der Waals surface area contributed by atoms with Crippen LogP contribution in [0.4, 0.5) is 11.4 Å². The number of piperidine rings is 1. The first-order valence-electron chi connectivity index (χ1n) is 10.3. The highest BCUT2D eigenvalue weighted by Gasteiger charge is 2.32. The first-order chi connectivity index (χ1) is 15.0. The van der Waals surface area contributed by atoms with Crippen molar-refractivity contribution in [3.63, 3.8) is 0 Å². The summed E-state index contributed by atoms with van der Waals surface area (Å²) in [5.41, 5.74) is 1.34. The van der Waals surface area contributed by atoms with E-state index in [1.165, 1.54) is 6.07 Å². The van der Waals surface area contributed by atoms with Crippen molar-refractivity contribution in [2.45, 2.75) is 25.7 Å². The average molecular weight is 446 g/mol. The number of amides is 1. The number of carbonyl (C=O) groups is 1. The van der Waals surface area contributed by atoms with Crippen LogP contribution in [0.5, 0.6) is 0 Å². The van der Waals surface area contributed by atoms with Crippen LogP contribution in [0.3, 0.4) is 0 Å². The summed E-state index contributed by atoms with van der Waals surface area (Å²) in [5, 5.41) is 15.3. The molecule has 1 N–H and O–H groups in total. The van der Waals surface area contributed by atoms with Crippen LogP contribution in [0.2, 0.25) is 5.02 Å². The quantitative estimate of drug-likeness (QED) is 0.531. The van der Waals surface area contributed by atoms with E-state index in [1.54, 1.807) is 23.1 Å². The zero-order chi connectivity index (χ0) is 21.8. The molecule has 164 valence electrons. The lowest BCUT2D eigenvalue weighted by Crippen LogP contribution is -2.41. The second-order valence-corrected chi connectivity index (χ2v) is 8.08. The molecule has 0 unspecified atom stereocenters. The fourth-order valence-corrected chi connectivity index (χ4v) is 4.21. The van der Waals surface area contributed by atoms with E-state index in [4.69, 9.17) is 21.1 Å². The van der Waals surface area contributed by atoms with Crippen molar-refractivity contribution in [1.82, 2.24) is 4.90 Å². The standard InChI is InChI=1S/C22H24ClN3O5/c23-18-4-2-1-3-17(18)14-24-19-6-5-16(13-20(19)26(28)29)21(27)25-9-7-15(8-10-25)22-30-11-12-31-22/h1-6,13,15,22,24H,7-12,14H2. The normalized spacial score (nSPS) is 17.6. The van der Waals surface area contributed by atoms with E-state index in [0.29, 0.717) is 49.1 Å². The minimum absolute atomic E-state index is 0.138. The summed E-state index contributed by atoms with van der Waals surface area (Å²) in [7, 11) is 0. The Bertz CT molecular complexity index is 956. The Kier molecular flexibility index (Phi) is 6.70. The third-order valence-electron chi connectivity index (χ3n) is 5.73. The number of nitro benzene ring substituents is 1. The van der Waals surface area contributed by atoms with E-state index >= 15 is 0 Å². The first-order valence-corrected chi connectivity index (χ1v) is 10.7. The fraction of sp³-hybridized carbons (Fsp3) is 0.409. The van der Waals surface area contributed by atoms with Crippen LogP contribution in [0.25, 0.3) is 0 Å². The maximum Gasteiger partial charge on any atom is 0.293 e. The second-order valence-electron chi connectivity index (χ2n) is 7.67. The fourth-order valence-electron chi connectivity index (χ4n) is 4.00. The summed E-state index contributed by atoms with van der Waals surface area (Å²) >= 11 is 6.16. The molecule has 2 aliphatic rings. The molecule has 2 fully saturated rings. The maximum absolute atomic E-state index is 12.9. The van der Waals surface area contributed by atoms with Gasteiger partial charge in [0.25, 0.3) is 11.6 Å². The molecule has 0 aromatic heterocycles. The molecule has 0 saturated carbocycles. The molecule has 2 heterocycles. The lowest BCUT2D eigenvalue weighted by Gasteiger charge is -2.33. The predicted molar refractivity (Wildman–Crippen MR) is 116 cm³/mol. The van der Waals surface area contributed by atoms with Crippen LogP contribution in [0.1, 0.15) is 28.8 Å². The van der Waals surface area contributed by atoms with E-state index in [1.807, 2.05) is 18.2 Å². The van der Waals surface area contributed by atoms with Gasteiger partial charge in [-0.05, 0) is 36.6 Å². The Morgan fingerprint density at radius 1 is 1.16 bits per heavy atom. The summed E-state index contributed by atoms with van der Waals surface area (Å²) in [6, 6.07) is 11.8. The van der Waals surface area contributed by atoms with Crippen LogP contribution in [0.15, 0.2) is 42.5 Å². The monoisotopic (exact) mass is 445 g/mol. The van der Waals surface area contributed by atoms with Crippen molar-refractivity contribution < 1.29 is 19.2 Å². The molecule has 2 aliphatic heterocycles. The highest BCUT2D eigenvalue weighted by Crippen LogP contribution is 2.30. The molecule has 0 atom stereocenters. The predicted octanol–water partition coefficient (Wildman–Crippen LogP) is 4.09. The molecule has 0 radical (unpaired) electrons. The Balaban J connectivity index is 1.42. The SMILES string of the molecule is O=C(c1ccc(NCc2ccccc2Cl)c([N+](=O)[O-])c1)N1CCC(C2OCCO2)CC1. The average Bonchev–Trinajstić information content (AvgIpc) is 3.33. The van der Waals surface area contributed by atoms with Crippen molar-refractivity contribution in [3.8, 4) is 0 Å². The number of halogens is 1. The largest absolute Gasteiger partial charge is 0.375 e. The number of rotatable bonds is 6. The van der Waals surface area contributed by atoms with Gasteiger partial charge in [-0.3, -0.25) is 14.9 Å². The van der Waals surface area contributed by atoms with Crippen molar-refractivity contribution >= 4 is 28.9 Å². The summed E-state index contributed by atoms with van der Waals surface area (Å²) in [5.74, 6) is 0.0738. The smallest absolute Gasteiger partial charge is 0.293 e. The second kappa shape index (κ2) is 9.64. The van der Waals surface area contributed by atoms with Crippen molar-refractivity contribution in [2.75, 3.05) is 31.6 Å². The Hall–Kier alpha value is -2.68. The summed E-state index contributed by atoms with van der Waals surface area (Å²) in [4.78, 5) is 25.8. The first kappa shape index (κ1) is 21.5. The van der Waals surface area contributed by atoms with Crippen LogP contribution < -0.4 is 5.32 Å². The Morgan fingerprint density at radius 3 is 2.55 bits per heavy atom. The molecule has 0 bridgehead atoms. The van der Waals surface area contributed by atoms with Gasteiger partial charge < -0.3 is 19.7 Å². The lowest BCUT2D eigenvalue weighted by atomic mass is 9.95. The zero-order valence-corrected chi connectivity index (χ0v) is 17.7. The highest BCUT2D eigenvalue weighted by molar-refractivity contribution is 6.31. The molecule has 1 amide bonds. The van der Waals surface area contributed by atoms with Crippen LogP contribution in [0, 0.1) is 16.0 Å². The van der Waals surface area contributed by atoms with Gasteiger partial charge in [-0.1, -0.05) is 29.8 Å². The number of ether oxygens (including phenoxy) is 2. The zero-order valence-electron chi connectivity index (χ0n) is 17.0. The Labute approximate surface area is 185 Å². The van der Waals surface area contributed by atoms with Crippen molar-refractivity contribution in [1.29, 1.82) is 0 Å². The van der Waals surface area contributed by atoms with Gasteiger partial charge in [-0.25, -0.2) is 0 Å². The third-order valence-corrected chi connectivity index (χ3v) is 6.10. The minimum Gasteiger partial charge on any atom is -0.375 e. The summed E-state index contributed by atoms with van der Waals surface area (Å²) in [6.45, 7) is 2.72. The van der Waals surface area contributed by atoms with Gasteiger partial charge in [0, 0.05) is 42.2 Å². The van der Waals surface area contributed by atoms with Gasteiger partial charge in [0.1, 0.15) is 5.69 Å². The molecule has 31 heavy (non-hydrogen) atoms. The Morgan fingerprint density at radius 2 is 1.87 bits per heavy atom. The highest BCUT2D eigenvalue weighted by atomic mass is 35.5. The van der Waals surface area contributed by atoms with Crippen LogP contribution in [-0.2, 0) is 16.0 Å². The van der Waals surface area contributed by atoms with E-state index in [0.717, 1.165) is 18.4 Å². The van der Waals surface area contributed by atoms with Crippen molar-refractivity contribution in [3.05, 3.63) is 68.7 Å². The molecule has 9 heteroatoms. The van der Waals surface area contributed by atoms with Gasteiger partial charge >= 0.3 is 0 Å². The molecule has 2 saturated heterocycles. The molecule has 2 aromatic rings. The number of anilines is 1. The number of hydrogen-bond donors (Lipinski definition) is 1. The van der Waals surface area contributed by atoms with Crippen LogP contribution >= 0.6 is 11.6 Å². The van der Waals surface area contributed by atoms with Crippen LogP contribution in [-0.4, -0.2) is 48.3 Å². The van der Waals surface area contributed by atoms with Gasteiger partial charge in [0.05, 0.1) is 18.1 Å².